The van der Waals surface area contributed by atoms with E-state index < -0.39 is 6.04 Å². The van der Waals surface area contributed by atoms with Gasteiger partial charge in [0, 0.05) is 0 Å². The van der Waals surface area contributed by atoms with Crippen LogP contribution in [0.15, 0.2) is 66.1 Å². The number of thioether (sulfide) groups is 1. The maximum Gasteiger partial charge on any atom is 0.231 e. The Bertz CT molecular complexity index is 956. The lowest BCUT2D eigenvalue weighted by Gasteiger charge is -2.16. The highest BCUT2D eigenvalue weighted by Gasteiger charge is 2.18. The van der Waals surface area contributed by atoms with E-state index in [1.165, 1.54) is 18.7 Å². The second-order valence-electron chi connectivity index (χ2n) is 6.48. The Morgan fingerprint density at radius 2 is 1.82 bits per heavy atom. The van der Waals surface area contributed by atoms with Crippen molar-refractivity contribution >= 4 is 23.5 Å². The van der Waals surface area contributed by atoms with Gasteiger partial charge in [0.25, 0.3) is 0 Å². The molecule has 0 bridgehead atoms. The van der Waals surface area contributed by atoms with Crippen LogP contribution in [0.2, 0.25) is 0 Å². The lowest BCUT2D eigenvalue weighted by Crippen LogP contribution is -2.42. The van der Waals surface area contributed by atoms with Gasteiger partial charge in [0.2, 0.25) is 5.91 Å². The van der Waals surface area contributed by atoms with Gasteiger partial charge >= 0.3 is 0 Å². The van der Waals surface area contributed by atoms with E-state index in [0.29, 0.717) is 11.6 Å². The number of carbonyl (C=O) groups is 2. The molecule has 0 saturated carbocycles. The highest BCUT2D eigenvalue weighted by atomic mass is 32.2. The molecule has 0 spiro atoms. The number of aromatic nitrogens is 3. The maximum atomic E-state index is 12.4. The van der Waals surface area contributed by atoms with Crippen molar-refractivity contribution in [3.05, 3.63) is 72.1 Å². The van der Waals surface area contributed by atoms with Crippen molar-refractivity contribution < 1.29 is 9.59 Å². The molecule has 0 saturated heterocycles. The topological polar surface area (TPSA) is 76.9 Å². The summed E-state index contributed by atoms with van der Waals surface area (Å²) < 4.78 is 1.86. The van der Waals surface area contributed by atoms with Crippen molar-refractivity contribution in [2.75, 3.05) is 5.75 Å². The van der Waals surface area contributed by atoms with Gasteiger partial charge in [-0.2, -0.15) is 0 Å². The number of Topliss-reactive ketones (excluding diaryl/α,β-unsaturated/α-hetero) is 1. The number of nitrogens with zero attached hydrogens (tertiary/aromatic N) is 3. The zero-order chi connectivity index (χ0) is 19.9. The first-order chi connectivity index (χ1) is 13.5. The van der Waals surface area contributed by atoms with Gasteiger partial charge in [-0.05, 0) is 37.5 Å². The number of aryl methyl sites for hydroxylation is 1. The highest BCUT2D eigenvalue weighted by Crippen LogP contribution is 2.21. The first kappa shape index (κ1) is 19.8. The van der Waals surface area contributed by atoms with Gasteiger partial charge in [0.15, 0.2) is 10.9 Å². The van der Waals surface area contributed by atoms with Crippen LogP contribution in [-0.4, -0.2) is 38.2 Å². The van der Waals surface area contributed by atoms with E-state index in [1.807, 2.05) is 66.1 Å². The predicted molar refractivity (Wildman–Crippen MR) is 110 cm³/mol. The molecule has 3 rings (SSSR count). The van der Waals surface area contributed by atoms with E-state index >= 15 is 0 Å². The molecule has 0 aliphatic heterocycles. The minimum Gasteiger partial charge on any atom is -0.345 e. The van der Waals surface area contributed by atoms with Crippen LogP contribution >= 0.6 is 11.8 Å². The lowest BCUT2D eigenvalue weighted by molar-refractivity contribution is -0.125. The van der Waals surface area contributed by atoms with Crippen LogP contribution in [0.3, 0.4) is 0 Å². The zero-order valence-electron chi connectivity index (χ0n) is 15.8. The minimum absolute atomic E-state index is 0.0646. The van der Waals surface area contributed by atoms with E-state index in [-0.39, 0.29) is 17.4 Å². The van der Waals surface area contributed by atoms with Gasteiger partial charge in [-0.3, -0.25) is 14.2 Å². The van der Waals surface area contributed by atoms with Gasteiger partial charge < -0.3 is 5.32 Å². The molecule has 0 aliphatic carbocycles. The molecule has 2 aromatic carbocycles. The monoisotopic (exact) mass is 394 g/mol. The summed E-state index contributed by atoms with van der Waals surface area (Å²) in [6.45, 7) is 3.51. The molecule has 1 N–H and O–H groups in total. The number of hydrogen-bond acceptors (Lipinski definition) is 5. The molecule has 1 atom stereocenters. The fraction of sp³-hybridized carbons (Fsp3) is 0.238. The van der Waals surface area contributed by atoms with Crippen LogP contribution in [0.5, 0.6) is 0 Å². The standard InChI is InChI=1S/C21H22N4O2S/c1-15-8-6-7-11-19(15)25-14-22-24-21(25)28-13-20(27)23-18(16(2)26)12-17-9-4-3-5-10-17/h3-11,14,18H,12-13H2,1-2H3,(H,23,27). The molecule has 1 heterocycles. The Morgan fingerprint density at radius 3 is 2.54 bits per heavy atom. The number of para-hydroxylation sites is 1. The Hall–Kier alpha value is -2.93. The fourth-order valence-corrected chi connectivity index (χ4v) is 3.57. The van der Waals surface area contributed by atoms with E-state index in [4.69, 9.17) is 0 Å². The second kappa shape index (κ2) is 9.32. The van der Waals surface area contributed by atoms with E-state index in [9.17, 15) is 9.59 Å². The zero-order valence-corrected chi connectivity index (χ0v) is 16.6. The van der Waals surface area contributed by atoms with Gasteiger partial charge in [0.05, 0.1) is 17.5 Å². The average molecular weight is 395 g/mol. The molecule has 1 unspecified atom stereocenters. The van der Waals surface area contributed by atoms with Crippen molar-refractivity contribution in [1.29, 1.82) is 0 Å². The van der Waals surface area contributed by atoms with Crippen molar-refractivity contribution in [3.8, 4) is 5.69 Å². The first-order valence-corrected chi connectivity index (χ1v) is 9.95. The van der Waals surface area contributed by atoms with Crippen molar-refractivity contribution in [2.45, 2.75) is 31.5 Å². The number of carbonyl (C=O) groups excluding carboxylic acids is 2. The SMILES string of the molecule is CC(=O)C(Cc1ccccc1)NC(=O)CSc1nncn1-c1ccccc1C. The average Bonchev–Trinajstić information content (AvgIpc) is 3.15. The van der Waals surface area contributed by atoms with Crippen molar-refractivity contribution in [2.24, 2.45) is 0 Å². The van der Waals surface area contributed by atoms with Crippen LogP contribution in [0.4, 0.5) is 0 Å². The summed E-state index contributed by atoms with van der Waals surface area (Å²) in [5.41, 5.74) is 3.07. The van der Waals surface area contributed by atoms with Crippen LogP contribution in [0.25, 0.3) is 5.69 Å². The molecular weight excluding hydrogens is 372 g/mol. The van der Waals surface area contributed by atoms with E-state index in [2.05, 4.69) is 15.5 Å². The molecule has 0 fully saturated rings. The molecule has 28 heavy (non-hydrogen) atoms. The van der Waals surface area contributed by atoms with Crippen molar-refractivity contribution in [3.63, 3.8) is 0 Å². The smallest absolute Gasteiger partial charge is 0.231 e. The van der Waals surface area contributed by atoms with Gasteiger partial charge in [0.1, 0.15) is 6.33 Å². The van der Waals surface area contributed by atoms with Gasteiger partial charge in [-0.1, -0.05) is 60.3 Å². The fourth-order valence-electron chi connectivity index (χ4n) is 2.83. The Morgan fingerprint density at radius 1 is 1.11 bits per heavy atom. The third kappa shape index (κ3) is 5.07. The Labute approximate surface area is 168 Å². The number of ketones is 1. The molecule has 0 aliphatic rings. The van der Waals surface area contributed by atoms with Crippen LogP contribution in [-0.2, 0) is 16.0 Å². The molecule has 7 heteroatoms. The summed E-state index contributed by atoms with van der Waals surface area (Å²) in [5, 5.41) is 11.5. The summed E-state index contributed by atoms with van der Waals surface area (Å²) >= 11 is 1.29. The third-order valence-electron chi connectivity index (χ3n) is 4.33. The molecule has 1 amide bonds. The minimum atomic E-state index is -0.537. The normalized spacial score (nSPS) is 11.8. The van der Waals surface area contributed by atoms with Crippen LogP contribution < -0.4 is 5.32 Å². The van der Waals surface area contributed by atoms with Crippen molar-refractivity contribution in [1.82, 2.24) is 20.1 Å². The number of hydrogen-bond donors (Lipinski definition) is 1. The Balaban J connectivity index is 1.62. The second-order valence-corrected chi connectivity index (χ2v) is 7.42. The number of amides is 1. The summed E-state index contributed by atoms with van der Waals surface area (Å²) in [6.07, 6.45) is 2.11. The van der Waals surface area contributed by atoms with Crippen LogP contribution in [0.1, 0.15) is 18.1 Å². The molecule has 144 valence electrons. The van der Waals surface area contributed by atoms with Crippen LogP contribution in [0, 0.1) is 6.92 Å². The highest BCUT2D eigenvalue weighted by molar-refractivity contribution is 7.99. The molecule has 6 nitrogen and oxygen atoms in total. The molecule has 1 aromatic heterocycles. The Kier molecular flexibility index (Phi) is 6.60. The molecule has 3 aromatic rings. The quantitative estimate of drug-likeness (QED) is 0.595. The van der Waals surface area contributed by atoms with E-state index in [0.717, 1.165) is 16.8 Å². The first-order valence-electron chi connectivity index (χ1n) is 8.97. The third-order valence-corrected chi connectivity index (χ3v) is 5.28. The number of benzene rings is 2. The molecule has 0 radical (unpaired) electrons. The molecular formula is C21H22N4O2S. The van der Waals surface area contributed by atoms with Gasteiger partial charge in [-0.15, -0.1) is 10.2 Å². The number of nitrogens with one attached hydrogen (secondary N) is 1. The lowest BCUT2D eigenvalue weighted by atomic mass is 10.0. The van der Waals surface area contributed by atoms with E-state index in [1.54, 1.807) is 6.33 Å². The maximum absolute atomic E-state index is 12.4. The van der Waals surface area contributed by atoms with Gasteiger partial charge in [-0.25, -0.2) is 0 Å². The summed E-state index contributed by atoms with van der Waals surface area (Å²) in [7, 11) is 0. The largest absolute Gasteiger partial charge is 0.345 e. The summed E-state index contributed by atoms with van der Waals surface area (Å²) in [6, 6.07) is 17.0. The number of rotatable bonds is 8. The summed E-state index contributed by atoms with van der Waals surface area (Å²) in [4.78, 5) is 24.4. The predicted octanol–water partition coefficient (Wildman–Crippen LogP) is 2.98. The summed E-state index contributed by atoms with van der Waals surface area (Å²) in [5.74, 6) is -0.117.